The largest absolute Gasteiger partial charge is 0.299 e. The van der Waals surface area contributed by atoms with E-state index in [2.05, 4.69) is 0 Å². The number of halogens is 2. The monoisotopic (exact) mass is 274 g/mol. The van der Waals surface area contributed by atoms with Gasteiger partial charge >= 0.3 is 0 Å². The van der Waals surface area contributed by atoms with Gasteiger partial charge in [-0.2, -0.15) is 0 Å². The Labute approximate surface area is 117 Å². The van der Waals surface area contributed by atoms with Crippen LogP contribution < -0.4 is 0 Å². The quantitative estimate of drug-likeness (QED) is 0.825. The van der Waals surface area contributed by atoms with E-state index < -0.39 is 11.6 Å². The highest BCUT2D eigenvalue weighted by Gasteiger charge is 2.10. The number of aryl methyl sites for hydroxylation is 2. The smallest absolute Gasteiger partial charge is 0.141 e. The summed E-state index contributed by atoms with van der Waals surface area (Å²) in [5.74, 6) is -1.35. The molecule has 0 atom stereocenters. The Kier molecular flexibility index (Phi) is 4.28. The Bertz CT molecular complexity index is 607. The van der Waals surface area contributed by atoms with Crippen molar-refractivity contribution in [2.24, 2.45) is 0 Å². The Morgan fingerprint density at radius 2 is 1.50 bits per heavy atom. The molecule has 0 aliphatic rings. The summed E-state index contributed by atoms with van der Waals surface area (Å²) in [5, 5.41) is 0. The molecule has 0 saturated heterocycles. The molecule has 0 aliphatic heterocycles. The van der Waals surface area contributed by atoms with E-state index >= 15 is 0 Å². The first-order valence-corrected chi connectivity index (χ1v) is 6.47. The molecule has 2 aromatic carbocycles. The van der Waals surface area contributed by atoms with Crippen LogP contribution in [0.3, 0.4) is 0 Å². The van der Waals surface area contributed by atoms with Crippen LogP contribution >= 0.6 is 0 Å². The third kappa shape index (κ3) is 3.50. The van der Waals surface area contributed by atoms with Crippen molar-refractivity contribution in [2.75, 3.05) is 0 Å². The summed E-state index contributed by atoms with van der Waals surface area (Å²) < 4.78 is 26.2. The lowest BCUT2D eigenvalue weighted by Crippen LogP contribution is -2.09. The first kappa shape index (κ1) is 14.4. The number of rotatable bonds is 4. The van der Waals surface area contributed by atoms with Crippen molar-refractivity contribution in [3.05, 3.63) is 70.3 Å². The van der Waals surface area contributed by atoms with Crippen molar-refractivity contribution in [2.45, 2.75) is 26.7 Å². The Balaban J connectivity index is 2.13. The van der Waals surface area contributed by atoms with Gasteiger partial charge in [-0.15, -0.1) is 0 Å². The van der Waals surface area contributed by atoms with Crippen LogP contribution in [0.25, 0.3) is 0 Å². The van der Waals surface area contributed by atoms with Gasteiger partial charge < -0.3 is 0 Å². The third-order valence-corrected chi connectivity index (χ3v) is 3.34. The van der Waals surface area contributed by atoms with Crippen LogP contribution in [0.2, 0.25) is 0 Å². The molecule has 2 rings (SSSR count). The Hall–Kier alpha value is -2.03. The lowest BCUT2D eigenvalue weighted by atomic mass is 9.96. The van der Waals surface area contributed by atoms with Crippen LogP contribution in [0.4, 0.5) is 8.78 Å². The van der Waals surface area contributed by atoms with E-state index in [0.717, 1.165) is 22.8 Å². The lowest BCUT2D eigenvalue weighted by Gasteiger charge is -2.09. The summed E-state index contributed by atoms with van der Waals surface area (Å²) in [6, 6.07) is 9.06. The van der Waals surface area contributed by atoms with Gasteiger partial charge in [0.15, 0.2) is 0 Å². The van der Waals surface area contributed by atoms with Crippen molar-refractivity contribution in [1.82, 2.24) is 0 Å². The molecule has 1 nitrogen and oxygen atoms in total. The van der Waals surface area contributed by atoms with E-state index in [0.29, 0.717) is 5.56 Å². The molecule has 0 heterocycles. The normalized spacial score (nSPS) is 10.6. The zero-order chi connectivity index (χ0) is 14.7. The summed E-state index contributed by atoms with van der Waals surface area (Å²) in [4.78, 5) is 12.1. The molecule has 0 radical (unpaired) electrons. The van der Waals surface area contributed by atoms with Crippen LogP contribution in [0.5, 0.6) is 0 Å². The highest BCUT2D eigenvalue weighted by atomic mass is 19.1. The fraction of sp³-hybridized carbons (Fsp3) is 0.235. The highest BCUT2D eigenvalue weighted by Crippen LogP contribution is 2.16. The van der Waals surface area contributed by atoms with Gasteiger partial charge in [-0.25, -0.2) is 8.78 Å². The van der Waals surface area contributed by atoms with Crippen LogP contribution in [-0.2, 0) is 17.6 Å². The summed E-state index contributed by atoms with van der Waals surface area (Å²) in [6.07, 6.45) is 0.332. The van der Waals surface area contributed by atoms with Crippen molar-refractivity contribution in [3.8, 4) is 0 Å². The van der Waals surface area contributed by atoms with Gasteiger partial charge in [0, 0.05) is 18.9 Å². The Morgan fingerprint density at radius 1 is 0.950 bits per heavy atom. The summed E-state index contributed by atoms with van der Waals surface area (Å²) in [7, 11) is 0. The first-order valence-electron chi connectivity index (χ1n) is 6.47. The highest BCUT2D eigenvalue weighted by molar-refractivity contribution is 5.83. The average molecular weight is 274 g/mol. The molecule has 0 aromatic heterocycles. The summed E-state index contributed by atoms with van der Waals surface area (Å²) in [5.41, 5.74) is 3.49. The molecule has 104 valence electrons. The molecule has 20 heavy (non-hydrogen) atoms. The zero-order valence-corrected chi connectivity index (χ0v) is 11.5. The van der Waals surface area contributed by atoms with Gasteiger partial charge in [-0.1, -0.05) is 18.2 Å². The van der Waals surface area contributed by atoms with Crippen molar-refractivity contribution >= 4 is 5.78 Å². The molecule has 0 aliphatic carbocycles. The van der Waals surface area contributed by atoms with Gasteiger partial charge in [0.2, 0.25) is 0 Å². The van der Waals surface area contributed by atoms with Gasteiger partial charge in [-0.05, 0) is 48.2 Å². The topological polar surface area (TPSA) is 17.1 Å². The maximum Gasteiger partial charge on any atom is 0.141 e. The van der Waals surface area contributed by atoms with Gasteiger partial charge in [0.25, 0.3) is 0 Å². The minimum Gasteiger partial charge on any atom is -0.299 e. The molecular formula is C17H16F2O. The van der Waals surface area contributed by atoms with E-state index in [1.807, 2.05) is 32.0 Å². The molecule has 0 saturated carbocycles. The predicted octanol–water partition coefficient (Wildman–Crippen LogP) is 3.94. The molecule has 0 N–H and O–H groups in total. The summed E-state index contributed by atoms with van der Waals surface area (Å²) in [6.45, 7) is 3.91. The SMILES string of the molecule is Cc1cccc(C)c1CC(=O)Cc1cc(F)cc(F)c1. The third-order valence-electron chi connectivity index (χ3n) is 3.34. The van der Waals surface area contributed by atoms with Gasteiger partial charge in [-0.3, -0.25) is 4.79 Å². The fourth-order valence-corrected chi connectivity index (χ4v) is 2.33. The molecule has 0 amide bonds. The first-order chi connectivity index (χ1) is 9.45. The number of hydrogen-bond acceptors (Lipinski definition) is 1. The van der Waals surface area contributed by atoms with E-state index in [4.69, 9.17) is 0 Å². The van der Waals surface area contributed by atoms with E-state index in [1.54, 1.807) is 0 Å². The second-order valence-corrected chi connectivity index (χ2v) is 5.04. The molecule has 2 aromatic rings. The maximum absolute atomic E-state index is 13.1. The molecular weight excluding hydrogens is 258 g/mol. The number of Topliss-reactive ketones (excluding diaryl/α,β-unsaturated/α-hetero) is 1. The lowest BCUT2D eigenvalue weighted by molar-refractivity contribution is -0.117. The molecule has 3 heteroatoms. The zero-order valence-electron chi connectivity index (χ0n) is 11.5. The Morgan fingerprint density at radius 3 is 2.05 bits per heavy atom. The number of hydrogen-bond donors (Lipinski definition) is 0. The van der Waals surface area contributed by atoms with E-state index in [9.17, 15) is 13.6 Å². The second-order valence-electron chi connectivity index (χ2n) is 5.04. The van der Waals surface area contributed by atoms with Crippen molar-refractivity contribution in [3.63, 3.8) is 0 Å². The van der Waals surface area contributed by atoms with Gasteiger partial charge in [0.1, 0.15) is 17.4 Å². The van der Waals surface area contributed by atoms with E-state index in [1.165, 1.54) is 12.1 Å². The molecule has 0 fully saturated rings. The predicted molar refractivity (Wildman–Crippen MR) is 74.7 cm³/mol. The number of ketones is 1. The molecule has 0 unspecified atom stereocenters. The minimum atomic E-state index is -0.653. The minimum absolute atomic E-state index is 0.0441. The standard InChI is InChI=1S/C17H16F2O/c1-11-4-3-5-12(2)17(11)10-16(20)8-13-6-14(18)9-15(19)7-13/h3-7,9H,8,10H2,1-2H3. The van der Waals surface area contributed by atoms with Crippen LogP contribution in [0, 0.1) is 25.5 Å². The molecule has 0 bridgehead atoms. The van der Waals surface area contributed by atoms with Crippen molar-refractivity contribution in [1.29, 1.82) is 0 Å². The van der Waals surface area contributed by atoms with Gasteiger partial charge in [0.05, 0.1) is 0 Å². The fourth-order valence-electron chi connectivity index (χ4n) is 2.33. The van der Waals surface area contributed by atoms with Crippen LogP contribution in [-0.4, -0.2) is 5.78 Å². The second kappa shape index (κ2) is 5.95. The number of carbonyl (C=O) groups is 1. The van der Waals surface area contributed by atoms with E-state index in [-0.39, 0.29) is 18.6 Å². The number of carbonyl (C=O) groups excluding carboxylic acids is 1. The molecule has 0 spiro atoms. The van der Waals surface area contributed by atoms with Crippen LogP contribution in [0.15, 0.2) is 36.4 Å². The number of benzene rings is 2. The van der Waals surface area contributed by atoms with Crippen LogP contribution in [0.1, 0.15) is 22.3 Å². The van der Waals surface area contributed by atoms with Crippen molar-refractivity contribution < 1.29 is 13.6 Å². The average Bonchev–Trinajstić information content (AvgIpc) is 2.32. The summed E-state index contributed by atoms with van der Waals surface area (Å²) >= 11 is 0. The maximum atomic E-state index is 13.1.